The average molecular weight is 353 g/mol. The van der Waals surface area contributed by atoms with Gasteiger partial charge in [-0.05, 0) is 19.8 Å². The van der Waals surface area contributed by atoms with Gasteiger partial charge in [-0.2, -0.15) is 14.6 Å². The molecule has 0 amide bonds. The van der Waals surface area contributed by atoms with Crippen molar-refractivity contribution in [2.45, 2.75) is 19.8 Å². The molecule has 3 heterocycles. The van der Waals surface area contributed by atoms with Crippen molar-refractivity contribution >= 4 is 7.56 Å². The lowest BCUT2D eigenvalue weighted by atomic mass is 10.4. The van der Waals surface area contributed by atoms with Gasteiger partial charge in [0.1, 0.15) is 6.07 Å². The molecule has 24 heavy (non-hydrogen) atoms. The van der Waals surface area contributed by atoms with E-state index in [0.717, 1.165) is 71.0 Å². The summed E-state index contributed by atoms with van der Waals surface area (Å²) in [6.07, 6.45) is 2.47. The van der Waals surface area contributed by atoms with E-state index in [1.807, 2.05) is 0 Å². The van der Waals surface area contributed by atoms with Crippen molar-refractivity contribution in [2.24, 2.45) is 0 Å². The van der Waals surface area contributed by atoms with Crippen molar-refractivity contribution in [3.05, 3.63) is 11.0 Å². The Morgan fingerprint density at radius 1 is 0.875 bits per heavy atom. The van der Waals surface area contributed by atoms with Crippen LogP contribution in [0.3, 0.4) is 0 Å². The number of morpholine rings is 2. The second kappa shape index (κ2) is 8.12. The molecule has 3 aliphatic rings. The Morgan fingerprint density at radius 2 is 1.33 bits per heavy atom. The normalized spacial score (nSPS) is 25.5. The summed E-state index contributed by atoms with van der Waals surface area (Å²) in [7, 11) is -1.86. The summed E-state index contributed by atoms with van der Waals surface area (Å²) in [5, 5.41) is 11.1. The second-order valence-electron chi connectivity index (χ2n) is 6.79. The molecule has 0 aromatic carbocycles. The number of rotatable bonds is 4. The minimum atomic E-state index is -1.86. The first-order chi connectivity index (χ1) is 11.7. The lowest BCUT2D eigenvalue weighted by Gasteiger charge is -2.43. The Hall–Kier alpha value is -0.700. The molecule has 0 N–H and O–H groups in total. The molecule has 3 fully saturated rings. The van der Waals surface area contributed by atoms with Gasteiger partial charge in [0.25, 0.3) is 0 Å². The summed E-state index contributed by atoms with van der Waals surface area (Å²) in [6.45, 7) is 13.4. The Morgan fingerprint density at radius 3 is 1.75 bits per heavy atom. The highest BCUT2D eigenvalue weighted by Gasteiger charge is 2.53. The molecule has 3 rings (SSSR count). The van der Waals surface area contributed by atoms with Gasteiger partial charge in [-0.1, -0.05) is 0 Å². The SMILES string of the molecule is C/C(=C(\C#N)[P+](C)(N1CCOCC1)N1CCOCC1)N1CCCC1. The molecule has 0 aromatic heterocycles. The predicted octanol–water partition coefficient (Wildman–Crippen LogP) is 1.98. The summed E-state index contributed by atoms with van der Waals surface area (Å²) in [5.74, 6) is 0. The lowest BCUT2D eigenvalue weighted by Crippen LogP contribution is -2.46. The summed E-state index contributed by atoms with van der Waals surface area (Å²) < 4.78 is 16.2. The molecule has 134 valence electrons. The molecular weight excluding hydrogens is 323 g/mol. The molecule has 0 atom stereocenters. The Balaban J connectivity index is 1.97. The highest BCUT2D eigenvalue weighted by molar-refractivity contribution is 7.75. The van der Waals surface area contributed by atoms with Crippen LogP contribution in [0.25, 0.3) is 0 Å². The van der Waals surface area contributed by atoms with Crippen molar-refractivity contribution in [3.63, 3.8) is 0 Å². The predicted molar refractivity (Wildman–Crippen MR) is 96.7 cm³/mol. The second-order valence-corrected chi connectivity index (χ2v) is 10.2. The van der Waals surface area contributed by atoms with Crippen LogP contribution in [-0.4, -0.2) is 86.6 Å². The van der Waals surface area contributed by atoms with Gasteiger partial charge < -0.3 is 14.4 Å². The van der Waals surface area contributed by atoms with Crippen LogP contribution < -0.4 is 0 Å². The maximum Gasteiger partial charge on any atom is 0.223 e. The third-order valence-electron chi connectivity index (χ3n) is 5.53. The number of hydrogen-bond acceptors (Lipinski definition) is 6. The van der Waals surface area contributed by atoms with Crippen LogP contribution in [0.1, 0.15) is 19.8 Å². The van der Waals surface area contributed by atoms with Gasteiger partial charge in [0.2, 0.25) is 5.31 Å². The molecular formula is C17H30N4O2P+. The Bertz CT molecular complexity index is 483. The van der Waals surface area contributed by atoms with Crippen LogP contribution in [0.2, 0.25) is 0 Å². The highest BCUT2D eigenvalue weighted by Crippen LogP contribution is 2.69. The highest BCUT2D eigenvalue weighted by atomic mass is 31.2. The number of nitrogens with zero attached hydrogens (tertiary/aromatic N) is 4. The Kier molecular flexibility index (Phi) is 6.12. The zero-order valence-corrected chi connectivity index (χ0v) is 15.9. The number of likely N-dealkylation sites (tertiary alicyclic amines) is 1. The largest absolute Gasteiger partial charge is 0.378 e. The van der Waals surface area contributed by atoms with E-state index in [-0.39, 0.29) is 0 Å². The molecule has 3 saturated heterocycles. The van der Waals surface area contributed by atoms with E-state index in [0.29, 0.717) is 0 Å². The standard InChI is InChI=1S/C17H30N4O2P/c1-16(19-5-3-4-6-19)17(15-18)24(2,20-7-11-22-12-8-20)21-9-13-23-14-10-21/h3-14H2,1-2H3/q+1/b17-16-. The fourth-order valence-corrected chi connectivity index (χ4v) is 7.78. The Labute approximate surface area is 146 Å². The van der Waals surface area contributed by atoms with Gasteiger partial charge in [-0.15, -0.1) is 0 Å². The fourth-order valence-electron chi connectivity index (χ4n) is 4.03. The zero-order valence-electron chi connectivity index (χ0n) is 15.0. The van der Waals surface area contributed by atoms with Gasteiger partial charge >= 0.3 is 0 Å². The van der Waals surface area contributed by atoms with E-state index >= 15 is 0 Å². The van der Waals surface area contributed by atoms with E-state index in [1.54, 1.807) is 0 Å². The monoisotopic (exact) mass is 353 g/mol. The van der Waals surface area contributed by atoms with Gasteiger partial charge in [0.05, 0.1) is 65.0 Å². The molecule has 7 heteroatoms. The van der Waals surface area contributed by atoms with E-state index in [9.17, 15) is 5.26 Å². The molecule has 0 aliphatic carbocycles. The molecule has 0 saturated carbocycles. The van der Waals surface area contributed by atoms with E-state index in [2.05, 4.69) is 33.9 Å². The number of ether oxygens (including phenoxy) is 2. The van der Waals surface area contributed by atoms with Crippen LogP contribution in [0, 0.1) is 11.3 Å². The fraction of sp³-hybridized carbons (Fsp3) is 0.824. The van der Waals surface area contributed by atoms with Gasteiger partial charge in [0, 0.05) is 13.1 Å². The first-order valence-corrected chi connectivity index (χ1v) is 11.2. The lowest BCUT2D eigenvalue weighted by molar-refractivity contribution is 0.0566. The van der Waals surface area contributed by atoms with Crippen molar-refractivity contribution in [1.82, 2.24) is 14.2 Å². The maximum atomic E-state index is 10.1. The topological polar surface area (TPSA) is 52.0 Å². The first kappa shape index (κ1) is 18.1. The molecule has 6 nitrogen and oxygen atoms in total. The third-order valence-corrected chi connectivity index (χ3v) is 9.80. The first-order valence-electron chi connectivity index (χ1n) is 9.07. The number of hydrogen-bond donors (Lipinski definition) is 0. The zero-order chi connectivity index (χ0) is 17.0. The molecule has 0 spiro atoms. The van der Waals surface area contributed by atoms with Crippen LogP contribution in [0.5, 0.6) is 0 Å². The van der Waals surface area contributed by atoms with Crippen molar-refractivity contribution < 1.29 is 9.47 Å². The van der Waals surface area contributed by atoms with Gasteiger partial charge in [-0.3, -0.25) is 0 Å². The van der Waals surface area contributed by atoms with Crippen molar-refractivity contribution in [3.8, 4) is 6.07 Å². The van der Waals surface area contributed by atoms with E-state index < -0.39 is 7.56 Å². The minimum Gasteiger partial charge on any atom is -0.378 e. The smallest absolute Gasteiger partial charge is 0.223 e. The maximum absolute atomic E-state index is 10.1. The van der Waals surface area contributed by atoms with Crippen molar-refractivity contribution in [2.75, 3.05) is 72.4 Å². The summed E-state index contributed by atoms with van der Waals surface area (Å²) in [6, 6.07) is 2.64. The molecule has 3 aliphatic heterocycles. The molecule has 0 radical (unpaired) electrons. The van der Waals surface area contributed by atoms with Crippen molar-refractivity contribution in [1.29, 1.82) is 5.26 Å². The van der Waals surface area contributed by atoms with Crippen LogP contribution in [0.15, 0.2) is 11.0 Å². The third kappa shape index (κ3) is 3.47. The van der Waals surface area contributed by atoms with Crippen LogP contribution >= 0.6 is 7.56 Å². The number of nitriles is 1. The summed E-state index contributed by atoms with van der Waals surface area (Å²) >= 11 is 0. The molecule has 0 aromatic rings. The van der Waals surface area contributed by atoms with Gasteiger partial charge in [0.15, 0.2) is 7.56 Å². The van der Waals surface area contributed by atoms with E-state index in [1.165, 1.54) is 18.5 Å². The van der Waals surface area contributed by atoms with Gasteiger partial charge in [-0.25, -0.2) is 0 Å². The number of allylic oxidation sites excluding steroid dienone is 2. The molecule has 0 unspecified atom stereocenters. The van der Waals surface area contributed by atoms with E-state index in [4.69, 9.17) is 9.47 Å². The summed E-state index contributed by atoms with van der Waals surface area (Å²) in [5.41, 5.74) is 1.20. The quantitative estimate of drug-likeness (QED) is 0.569. The summed E-state index contributed by atoms with van der Waals surface area (Å²) in [4.78, 5) is 2.41. The van der Waals surface area contributed by atoms with Crippen LogP contribution in [0.4, 0.5) is 0 Å². The minimum absolute atomic E-state index is 0.765. The molecule has 0 bridgehead atoms. The van der Waals surface area contributed by atoms with Crippen LogP contribution in [-0.2, 0) is 9.47 Å². The average Bonchev–Trinajstić information content (AvgIpc) is 3.18.